The zero-order valence-electron chi connectivity index (χ0n) is 16.0. The van der Waals surface area contributed by atoms with Crippen LogP contribution < -0.4 is 4.90 Å². The molecule has 1 saturated heterocycles. The fraction of sp³-hybridized carbons (Fsp3) is 0.364. The normalized spacial score (nSPS) is 15.3. The Labute approximate surface area is 170 Å². The van der Waals surface area contributed by atoms with Crippen molar-refractivity contribution >= 4 is 40.1 Å². The van der Waals surface area contributed by atoms with Gasteiger partial charge in [0.05, 0.1) is 10.5 Å². The zero-order valence-corrected chi connectivity index (χ0v) is 17.6. The van der Waals surface area contributed by atoms with Crippen molar-refractivity contribution in [3.8, 4) is 11.4 Å². The molecule has 4 rings (SSSR count). The average molecular weight is 398 g/mol. The van der Waals surface area contributed by atoms with Gasteiger partial charge in [0.25, 0.3) is 0 Å². The molecule has 1 aromatic heterocycles. The summed E-state index contributed by atoms with van der Waals surface area (Å²) in [6, 6.07) is 14.4. The van der Waals surface area contributed by atoms with Gasteiger partial charge in [-0.3, -0.25) is 0 Å². The van der Waals surface area contributed by atoms with E-state index in [1.165, 1.54) is 5.56 Å². The maximum absolute atomic E-state index is 6.44. The highest BCUT2D eigenvalue weighted by molar-refractivity contribution is 7.99. The van der Waals surface area contributed by atoms with Crippen molar-refractivity contribution in [2.75, 3.05) is 29.5 Å². The quantitative estimate of drug-likeness (QED) is 0.546. The molecular weight excluding hydrogens is 374 g/mol. The van der Waals surface area contributed by atoms with E-state index in [-0.39, 0.29) is 5.41 Å². The molecule has 2 aromatic carbocycles. The molecule has 0 N–H and O–H groups in total. The first-order valence-electron chi connectivity index (χ1n) is 9.33. The number of benzene rings is 2. The highest BCUT2D eigenvalue weighted by atomic mass is 35.5. The Morgan fingerprint density at radius 1 is 1.00 bits per heavy atom. The summed E-state index contributed by atoms with van der Waals surface area (Å²) >= 11 is 8.44. The molecule has 5 heteroatoms. The second kappa shape index (κ2) is 7.33. The van der Waals surface area contributed by atoms with Gasteiger partial charge in [-0.05, 0) is 35.2 Å². The summed E-state index contributed by atoms with van der Waals surface area (Å²) in [5, 5.41) is 1.81. The summed E-state index contributed by atoms with van der Waals surface area (Å²) in [7, 11) is 0. The van der Waals surface area contributed by atoms with Crippen molar-refractivity contribution in [3.63, 3.8) is 0 Å². The molecule has 0 saturated carbocycles. The largest absolute Gasteiger partial charge is 0.354 e. The van der Waals surface area contributed by atoms with Crippen LogP contribution in [0.4, 0.5) is 5.82 Å². The number of aromatic nitrogens is 2. The molecule has 0 bridgehead atoms. The third kappa shape index (κ3) is 3.78. The lowest BCUT2D eigenvalue weighted by Crippen LogP contribution is -2.33. The minimum Gasteiger partial charge on any atom is -0.354 e. The molecule has 0 aliphatic carbocycles. The molecule has 1 fully saturated rings. The van der Waals surface area contributed by atoms with E-state index in [0.717, 1.165) is 46.9 Å². The Bertz CT molecular complexity index is 975. The van der Waals surface area contributed by atoms with Crippen LogP contribution in [0.15, 0.2) is 42.5 Å². The standard InChI is InChI=1S/C22H24ClN3S/c1-22(2,3)15-8-9-19-17(14-15)21(26-10-12-27-13-11-26)25-20(24-19)16-6-4-5-7-18(16)23/h4-9,14H,10-13H2,1-3H3. The first kappa shape index (κ1) is 18.6. The molecule has 1 aliphatic rings. The van der Waals surface area contributed by atoms with Crippen molar-refractivity contribution in [1.29, 1.82) is 0 Å². The Kier molecular flexibility index (Phi) is 5.04. The van der Waals surface area contributed by atoms with Crippen LogP contribution in [-0.4, -0.2) is 34.6 Å². The predicted octanol–water partition coefficient (Wildman–Crippen LogP) is 5.80. The van der Waals surface area contributed by atoms with Gasteiger partial charge in [0.2, 0.25) is 0 Å². The number of thioether (sulfide) groups is 1. The summed E-state index contributed by atoms with van der Waals surface area (Å²) in [5.41, 5.74) is 3.25. The van der Waals surface area contributed by atoms with E-state index < -0.39 is 0 Å². The summed E-state index contributed by atoms with van der Waals surface area (Å²) in [6.07, 6.45) is 0. The maximum Gasteiger partial charge on any atom is 0.163 e. The van der Waals surface area contributed by atoms with Gasteiger partial charge >= 0.3 is 0 Å². The van der Waals surface area contributed by atoms with Gasteiger partial charge in [0.1, 0.15) is 5.82 Å². The first-order chi connectivity index (χ1) is 12.9. The van der Waals surface area contributed by atoms with Crippen LogP contribution in [0.2, 0.25) is 5.02 Å². The fourth-order valence-electron chi connectivity index (χ4n) is 3.36. The number of nitrogens with zero attached hydrogens (tertiary/aromatic N) is 3. The van der Waals surface area contributed by atoms with E-state index in [1.807, 2.05) is 36.0 Å². The molecule has 0 atom stereocenters. The van der Waals surface area contributed by atoms with Crippen LogP contribution in [-0.2, 0) is 5.41 Å². The van der Waals surface area contributed by atoms with E-state index in [9.17, 15) is 0 Å². The molecular formula is C22H24ClN3S. The second-order valence-corrected chi connectivity index (χ2v) is 9.56. The number of hydrogen-bond acceptors (Lipinski definition) is 4. The molecule has 0 amide bonds. The van der Waals surface area contributed by atoms with E-state index in [2.05, 4.69) is 43.9 Å². The number of halogens is 1. The van der Waals surface area contributed by atoms with Crippen molar-refractivity contribution in [1.82, 2.24) is 9.97 Å². The van der Waals surface area contributed by atoms with Gasteiger partial charge < -0.3 is 4.90 Å². The minimum atomic E-state index is 0.0879. The molecule has 3 nitrogen and oxygen atoms in total. The number of anilines is 1. The SMILES string of the molecule is CC(C)(C)c1ccc2nc(-c3ccccc3Cl)nc(N3CCSCC3)c2c1. The molecule has 0 unspecified atom stereocenters. The maximum atomic E-state index is 6.44. The lowest BCUT2D eigenvalue weighted by atomic mass is 9.86. The van der Waals surface area contributed by atoms with E-state index in [1.54, 1.807) is 0 Å². The third-order valence-corrected chi connectivity index (χ3v) is 6.24. The minimum absolute atomic E-state index is 0.0879. The van der Waals surface area contributed by atoms with Crippen molar-refractivity contribution in [2.24, 2.45) is 0 Å². The number of rotatable bonds is 2. The predicted molar refractivity (Wildman–Crippen MR) is 118 cm³/mol. The number of fused-ring (bicyclic) bond motifs is 1. The number of hydrogen-bond donors (Lipinski definition) is 0. The molecule has 1 aliphatic heterocycles. The molecule has 0 spiro atoms. The van der Waals surface area contributed by atoms with Gasteiger partial charge in [-0.15, -0.1) is 0 Å². The van der Waals surface area contributed by atoms with Crippen molar-refractivity contribution in [2.45, 2.75) is 26.2 Å². The van der Waals surface area contributed by atoms with Gasteiger partial charge in [-0.1, -0.05) is 50.6 Å². The zero-order chi connectivity index (χ0) is 19.0. The van der Waals surface area contributed by atoms with Crippen molar-refractivity contribution in [3.05, 3.63) is 53.1 Å². The van der Waals surface area contributed by atoms with E-state index >= 15 is 0 Å². The molecule has 140 valence electrons. The Morgan fingerprint density at radius 2 is 1.74 bits per heavy atom. The van der Waals surface area contributed by atoms with E-state index in [0.29, 0.717) is 10.8 Å². The Hall–Kier alpha value is -1.78. The van der Waals surface area contributed by atoms with Crippen LogP contribution in [0.25, 0.3) is 22.3 Å². The lowest BCUT2D eigenvalue weighted by Gasteiger charge is -2.29. The van der Waals surface area contributed by atoms with E-state index in [4.69, 9.17) is 21.6 Å². The molecule has 3 aromatic rings. The fourth-order valence-corrected chi connectivity index (χ4v) is 4.48. The van der Waals surface area contributed by atoms with Gasteiger partial charge in [-0.2, -0.15) is 11.8 Å². The van der Waals surface area contributed by atoms with Crippen LogP contribution >= 0.6 is 23.4 Å². The second-order valence-electron chi connectivity index (χ2n) is 7.93. The van der Waals surface area contributed by atoms with Gasteiger partial charge in [-0.25, -0.2) is 9.97 Å². The monoisotopic (exact) mass is 397 g/mol. The van der Waals surface area contributed by atoms with Crippen LogP contribution in [0.1, 0.15) is 26.3 Å². The summed E-state index contributed by atoms with van der Waals surface area (Å²) in [5.74, 6) is 3.99. The van der Waals surface area contributed by atoms with Gasteiger partial charge in [0.15, 0.2) is 5.82 Å². The van der Waals surface area contributed by atoms with Crippen LogP contribution in [0, 0.1) is 0 Å². The third-order valence-electron chi connectivity index (χ3n) is 4.97. The average Bonchev–Trinajstić information content (AvgIpc) is 2.67. The molecule has 27 heavy (non-hydrogen) atoms. The molecule has 2 heterocycles. The summed E-state index contributed by atoms with van der Waals surface area (Å²) in [6.45, 7) is 8.75. The lowest BCUT2D eigenvalue weighted by molar-refractivity contribution is 0.591. The highest BCUT2D eigenvalue weighted by Crippen LogP contribution is 2.34. The first-order valence-corrected chi connectivity index (χ1v) is 10.9. The molecule has 0 radical (unpaired) electrons. The van der Waals surface area contributed by atoms with Gasteiger partial charge in [0, 0.05) is 35.5 Å². The summed E-state index contributed by atoms with van der Waals surface area (Å²) in [4.78, 5) is 12.3. The topological polar surface area (TPSA) is 29.0 Å². The smallest absolute Gasteiger partial charge is 0.163 e. The van der Waals surface area contributed by atoms with Crippen LogP contribution in [0.3, 0.4) is 0 Å². The Balaban J connectivity index is 1.94. The summed E-state index contributed by atoms with van der Waals surface area (Å²) < 4.78 is 0. The van der Waals surface area contributed by atoms with Crippen molar-refractivity contribution < 1.29 is 0 Å². The van der Waals surface area contributed by atoms with Crippen LogP contribution in [0.5, 0.6) is 0 Å². The highest BCUT2D eigenvalue weighted by Gasteiger charge is 2.21. The Morgan fingerprint density at radius 3 is 2.44 bits per heavy atom.